The first-order valence-corrected chi connectivity index (χ1v) is 10.1. The maximum Gasteiger partial charge on any atom is 0.250 e. The molecule has 0 saturated carbocycles. The number of aromatic nitrogens is 3. The average molecular weight is 492 g/mol. The van der Waals surface area contributed by atoms with Gasteiger partial charge in [-0.1, -0.05) is 87.8 Å². The van der Waals surface area contributed by atoms with Gasteiger partial charge in [0.2, 0.25) is 13.5 Å². The van der Waals surface area contributed by atoms with E-state index in [1.807, 2.05) is 14.1 Å². The Morgan fingerprint density at radius 2 is 1.67 bits per heavy atom. The van der Waals surface area contributed by atoms with E-state index in [1.54, 1.807) is 24.3 Å². The van der Waals surface area contributed by atoms with Crippen LogP contribution in [0.25, 0.3) is 11.4 Å². The zero-order valence-corrected chi connectivity index (χ0v) is 19.2. The van der Waals surface area contributed by atoms with Crippen molar-refractivity contribution in [1.29, 1.82) is 0 Å². The minimum absolute atomic E-state index is 0.00297. The number of nitrogens with zero attached hydrogens (tertiary/aromatic N) is 4. The van der Waals surface area contributed by atoms with Crippen molar-refractivity contribution in [2.24, 2.45) is 0 Å². The Morgan fingerprint density at radius 3 is 2.22 bits per heavy atom. The highest BCUT2D eigenvalue weighted by Gasteiger charge is 2.29. The molecule has 0 amide bonds. The van der Waals surface area contributed by atoms with Gasteiger partial charge in [-0.3, -0.25) is 0 Å². The molecule has 27 heavy (non-hydrogen) atoms. The second kappa shape index (κ2) is 9.04. The van der Waals surface area contributed by atoms with E-state index in [-0.39, 0.29) is 17.8 Å². The number of likely N-dealkylation sites (N-methyl/N-ethyl adjacent to an activating group) is 1. The third-order valence-corrected chi connectivity index (χ3v) is 4.94. The fourth-order valence-electron chi connectivity index (χ4n) is 1.97. The van der Waals surface area contributed by atoms with Gasteiger partial charge >= 0.3 is 0 Å². The Kier molecular flexibility index (Phi) is 7.70. The molecule has 1 aromatic heterocycles. The lowest BCUT2D eigenvalue weighted by molar-refractivity contribution is 0.325. The van der Waals surface area contributed by atoms with Gasteiger partial charge in [-0.05, 0) is 27.1 Å². The quantitative estimate of drug-likeness (QED) is 0.555. The predicted molar refractivity (Wildman–Crippen MR) is 115 cm³/mol. The highest BCUT2D eigenvalue weighted by molar-refractivity contribution is 6.67. The van der Waals surface area contributed by atoms with Gasteiger partial charge in [0.05, 0.1) is 0 Å². The fraction of sp³-hybridized carbons (Fsp3) is 0.438. The van der Waals surface area contributed by atoms with Crippen LogP contribution in [0.4, 0.5) is 5.95 Å². The molecule has 148 valence electrons. The summed E-state index contributed by atoms with van der Waals surface area (Å²) in [5.41, 5.74) is 1.07. The van der Waals surface area contributed by atoms with E-state index in [4.69, 9.17) is 69.6 Å². The minimum Gasteiger partial charge on any atom is -0.353 e. The van der Waals surface area contributed by atoms with Crippen LogP contribution in [-0.4, -0.2) is 46.5 Å². The van der Waals surface area contributed by atoms with Crippen LogP contribution in [0, 0.1) is 0 Å². The van der Waals surface area contributed by atoms with Crippen LogP contribution in [0.2, 0.25) is 0 Å². The van der Waals surface area contributed by atoms with Crippen molar-refractivity contribution < 1.29 is 0 Å². The lowest BCUT2D eigenvalue weighted by Gasteiger charge is -2.20. The predicted octanol–water partition coefficient (Wildman–Crippen LogP) is 5.55. The smallest absolute Gasteiger partial charge is 0.250 e. The highest BCUT2D eigenvalue weighted by atomic mass is 35.6. The number of hydrogen-bond donors (Lipinski definition) is 1. The summed E-state index contributed by atoms with van der Waals surface area (Å²) < 4.78 is -3.39. The molecular weight excluding hydrogens is 475 g/mol. The zero-order chi connectivity index (χ0) is 20.4. The van der Waals surface area contributed by atoms with E-state index in [9.17, 15) is 0 Å². The van der Waals surface area contributed by atoms with Crippen molar-refractivity contribution >= 4 is 75.6 Å². The highest BCUT2D eigenvalue weighted by Crippen LogP contribution is 2.40. The van der Waals surface area contributed by atoms with Gasteiger partial charge in [0.15, 0.2) is 11.6 Å². The number of nitrogens with one attached hydrogen (secondary N) is 1. The zero-order valence-electron chi connectivity index (χ0n) is 14.7. The first-order valence-electron chi connectivity index (χ1n) is 7.79. The van der Waals surface area contributed by atoms with Gasteiger partial charge in [0, 0.05) is 23.7 Å². The molecule has 0 fully saturated rings. The van der Waals surface area contributed by atoms with Crippen LogP contribution in [0.3, 0.4) is 0 Å². The number of benzene rings is 1. The fourth-order valence-corrected chi connectivity index (χ4v) is 2.57. The molecular formula is C16H17Cl6N5. The van der Waals surface area contributed by atoms with Crippen LogP contribution in [0.15, 0.2) is 24.3 Å². The molecule has 1 N–H and O–H groups in total. The number of anilines is 1. The van der Waals surface area contributed by atoms with Crippen molar-refractivity contribution in [2.45, 2.75) is 20.6 Å². The molecule has 1 aromatic carbocycles. The maximum absolute atomic E-state index is 5.99. The molecule has 1 heterocycles. The Balaban J connectivity index is 2.45. The van der Waals surface area contributed by atoms with Crippen LogP contribution in [0.1, 0.15) is 18.3 Å². The summed E-state index contributed by atoms with van der Waals surface area (Å²) in [6, 6.07) is 7.08. The average Bonchev–Trinajstić information content (AvgIpc) is 2.58. The topological polar surface area (TPSA) is 53.9 Å². The maximum atomic E-state index is 5.99. The molecule has 0 radical (unpaired) electrons. The monoisotopic (exact) mass is 489 g/mol. The standard InChI is InChI=1S/C16H17Cl6N5/c1-9(27(2)3)8-23-14-25-12(24-13(26-14)16(20,21)22)10-5-4-6-11(7-10)15(17,18)19/h4-7,9H,8H2,1-3H3,(H,23,24,25,26). The SMILES string of the molecule is CC(CNc1nc(-c2cccc(C(Cl)(Cl)Cl)c2)nc(C(Cl)(Cl)Cl)n1)N(C)C. The number of alkyl halides is 6. The molecule has 0 aliphatic heterocycles. The molecule has 11 heteroatoms. The summed E-state index contributed by atoms with van der Waals surface area (Å²) in [5, 5.41) is 3.14. The number of halogens is 6. The normalized spacial score (nSPS) is 13.7. The Labute approximate surface area is 188 Å². The molecule has 1 unspecified atom stereocenters. The number of rotatable bonds is 5. The molecule has 0 saturated heterocycles. The van der Waals surface area contributed by atoms with Gasteiger partial charge in [-0.2, -0.15) is 9.97 Å². The van der Waals surface area contributed by atoms with Crippen molar-refractivity contribution in [3.8, 4) is 11.4 Å². The summed E-state index contributed by atoms with van der Waals surface area (Å²) in [7, 11) is 3.94. The molecule has 0 bridgehead atoms. The van der Waals surface area contributed by atoms with Gasteiger partial charge < -0.3 is 10.2 Å². The molecule has 0 spiro atoms. The van der Waals surface area contributed by atoms with Crippen molar-refractivity contribution in [1.82, 2.24) is 19.9 Å². The van der Waals surface area contributed by atoms with E-state index in [0.717, 1.165) is 0 Å². The minimum atomic E-state index is -1.81. The summed E-state index contributed by atoms with van der Waals surface area (Å²) in [6.07, 6.45) is 0. The largest absolute Gasteiger partial charge is 0.353 e. The van der Waals surface area contributed by atoms with Crippen LogP contribution < -0.4 is 5.32 Å². The molecule has 1 atom stereocenters. The van der Waals surface area contributed by atoms with Crippen LogP contribution in [0.5, 0.6) is 0 Å². The lowest BCUT2D eigenvalue weighted by atomic mass is 10.1. The van der Waals surface area contributed by atoms with Gasteiger partial charge in [0.25, 0.3) is 0 Å². The first kappa shape index (κ1) is 23.0. The summed E-state index contributed by atoms with van der Waals surface area (Å²) >= 11 is 35.9. The number of hydrogen-bond acceptors (Lipinski definition) is 5. The summed E-state index contributed by atoms with van der Waals surface area (Å²) in [5.74, 6) is 0.577. The van der Waals surface area contributed by atoms with Crippen LogP contribution >= 0.6 is 69.6 Å². The molecule has 2 rings (SSSR count). The third kappa shape index (κ3) is 6.64. The summed E-state index contributed by atoms with van der Waals surface area (Å²) in [6.45, 7) is 2.64. The van der Waals surface area contributed by atoms with Gasteiger partial charge in [-0.25, -0.2) is 4.98 Å². The van der Waals surface area contributed by atoms with E-state index in [2.05, 4.69) is 32.1 Å². The van der Waals surface area contributed by atoms with Crippen LogP contribution in [-0.2, 0) is 7.59 Å². The van der Waals surface area contributed by atoms with Crippen molar-refractivity contribution in [2.75, 3.05) is 26.0 Å². The Bertz CT molecular complexity index is 788. The van der Waals surface area contributed by atoms with Gasteiger partial charge in [-0.15, -0.1) is 0 Å². The van der Waals surface area contributed by atoms with E-state index >= 15 is 0 Å². The lowest BCUT2D eigenvalue weighted by Crippen LogP contribution is -2.32. The van der Waals surface area contributed by atoms with E-state index < -0.39 is 7.59 Å². The van der Waals surface area contributed by atoms with Gasteiger partial charge in [0.1, 0.15) is 0 Å². The molecule has 2 aromatic rings. The summed E-state index contributed by atoms with van der Waals surface area (Å²) in [4.78, 5) is 14.9. The van der Waals surface area contributed by atoms with Crippen molar-refractivity contribution in [3.63, 3.8) is 0 Å². The first-order chi connectivity index (χ1) is 12.4. The Hall–Kier alpha value is -0.270. The van der Waals surface area contributed by atoms with E-state index in [1.165, 1.54) is 0 Å². The second-order valence-corrected chi connectivity index (χ2v) is 10.6. The van der Waals surface area contributed by atoms with E-state index in [0.29, 0.717) is 23.5 Å². The van der Waals surface area contributed by atoms with Crippen molar-refractivity contribution in [3.05, 3.63) is 35.7 Å². The Morgan fingerprint density at radius 1 is 1.00 bits per heavy atom. The second-order valence-electron chi connectivity index (χ2n) is 6.08. The third-order valence-electron chi connectivity index (χ3n) is 3.77. The molecule has 0 aliphatic rings. The molecule has 0 aliphatic carbocycles. The molecule has 5 nitrogen and oxygen atoms in total.